The Kier molecular flexibility index (Phi) is 4.76. The summed E-state index contributed by atoms with van der Waals surface area (Å²) in [6.07, 6.45) is 2.72. The quantitative estimate of drug-likeness (QED) is 0.647. The van der Waals surface area contributed by atoms with E-state index in [1.807, 2.05) is 11.6 Å². The zero-order valence-corrected chi connectivity index (χ0v) is 16.6. The Morgan fingerprint density at radius 3 is 2.57 bits per heavy atom. The first-order chi connectivity index (χ1) is 13.3. The zero-order valence-electron chi connectivity index (χ0n) is 15.0. The lowest BCUT2D eigenvalue weighted by molar-refractivity contribution is 0.313. The normalized spacial score (nSPS) is 16.7. The van der Waals surface area contributed by atoms with E-state index in [0.717, 1.165) is 17.8 Å². The van der Waals surface area contributed by atoms with Crippen molar-refractivity contribution in [3.05, 3.63) is 63.4 Å². The first kappa shape index (κ1) is 19.1. The van der Waals surface area contributed by atoms with Crippen LogP contribution >= 0.6 is 11.6 Å². The van der Waals surface area contributed by atoms with Gasteiger partial charge in [0.15, 0.2) is 0 Å². The van der Waals surface area contributed by atoms with Crippen LogP contribution in [0.2, 0.25) is 5.02 Å². The van der Waals surface area contributed by atoms with Crippen molar-refractivity contribution in [2.45, 2.75) is 23.7 Å². The molecule has 148 valence electrons. The molecule has 0 saturated carbocycles. The lowest BCUT2D eigenvalue weighted by Gasteiger charge is -2.32. The van der Waals surface area contributed by atoms with Crippen molar-refractivity contribution in [3.8, 4) is 0 Å². The lowest BCUT2D eigenvalue weighted by atomic mass is 9.94. The smallest absolute Gasteiger partial charge is 0.274 e. The van der Waals surface area contributed by atoms with E-state index in [1.54, 1.807) is 18.3 Å². The highest BCUT2D eigenvalue weighted by Crippen LogP contribution is 2.31. The molecule has 1 fully saturated rings. The summed E-state index contributed by atoms with van der Waals surface area (Å²) in [5.74, 6) is -0.601. The van der Waals surface area contributed by atoms with E-state index < -0.39 is 15.8 Å². The molecule has 0 atom stereocenters. The van der Waals surface area contributed by atoms with Gasteiger partial charge >= 0.3 is 0 Å². The molecular formula is C18H18ClFN4O3S. The van der Waals surface area contributed by atoms with Crippen LogP contribution < -0.4 is 5.56 Å². The van der Waals surface area contributed by atoms with E-state index >= 15 is 0 Å². The number of aromatic nitrogens is 3. The summed E-state index contributed by atoms with van der Waals surface area (Å²) in [7, 11) is -1.88. The third-order valence-electron chi connectivity index (χ3n) is 5.23. The maximum Gasteiger partial charge on any atom is 0.274 e. The second-order valence-electron chi connectivity index (χ2n) is 6.82. The number of sulfonamides is 1. The van der Waals surface area contributed by atoms with Crippen LogP contribution in [-0.2, 0) is 17.1 Å². The fourth-order valence-electron chi connectivity index (χ4n) is 3.71. The van der Waals surface area contributed by atoms with E-state index in [2.05, 4.69) is 5.10 Å². The van der Waals surface area contributed by atoms with Gasteiger partial charge in [-0.2, -0.15) is 13.9 Å². The van der Waals surface area contributed by atoms with Crippen molar-refractivity contribution in [2.24, 2.45) is 7.05 Å². The lowest BCUT2D eigenvalue weighted by Crippen LogP contribution is -2.38. The summed E-state index contributed by atoms with van der Waals surface area (Å²) in [6, 6.07) is 6.74. The van der Waals surface area contributed by atoms with Gasteiger partial charge in [0, 0.05) is 43.9 Å². The van der Waals surface area contributed by atoms with Gasteiger partial charge in [-0.25, -0.2) is 12.8 Å². The summed E-state index contributed by atoms with van der Waals surface area (Å²) >= 11 is 5.74. The van der Waals surface area contributed by atoms with Gasteiger partial charge in [0.2, 0.25) is 10.0 Å². The molecule has 7 nitrogen and oxygen atoms in total. The summed E-state index contributed by atoms with van der Waals surface area (Å²) in [5, 5.41) is 3.79. The van der Waals surface area contributed by atoms with E-state index in [-0.39, 0.29) is 21.4 Å². The second-order valence-corrected chi connectivity index (χ2v) is 9.17. The molecule has 0 amide bonds. The Hall–Kier alpha value is -2.23. The number of benzene rings is 1. The SMILES string of the molecule is Cn1c(C2CCN(S(=O)(=O)c3ccc(F)c(Cl)c3)CC2)cc(=O)n2nccc12. The fraction of sp³-hybridized carbons (Fsp3) is 0.333. The van der Waals surface area contributed by atoms with E-state index in [9.17, 15) is 17.6 Å². The van der Waals surface area contributed by atoms with Gasteiger partial charge in [-0.15, -0.1) is 0 Å². The highest BCUT2D eigenvalue weighted by atomic mass is 35.5. The first-order valence-electron chi connectivity index (χ1n) is 8.78. The predicted octanol–water partition coefficient (Wildman–Crippen LogP) is 2.39. The van der Waals surface area contributed by atoms with E-state index in [0.29, 0.717) is 31.6 Å². The standard InChI is InChI=1S/C18H18ClFN4O3S/c1-22-16(11-18(25)24-17(22)4-7-21-24)12-5-8-23(9-6-12)28(26,27)13-2-3-15(20)14(19)10-13/h2-4,7,10-12H,5-6,8-9H2,1H3. The number of halogens is 2. The fourth-order valence-corrected chi connectivity index (χ4v) is 5.45. The molecule has 0 radical (unpaired) electrons. The van der Waals surface area contributed by atoms with Crippen LogP contribution in [-0.4, -0.2) is 40.0 Å². The van der Waals surface area contributed by atoms with Crippen molar-refractivity contribution in [1.29, 1.82) is 0 Å². The number of rotatable bonds is 3. The third-order valence-corrected chi connectivity index (χ3v) is 7.42. The van der Waals surface area contributed by atoms with Crippen molar-refractivity contribution >= 4 is 27.3 Å². The molecular weight excluding hydrogens is 407 g/mol. The van der Waals surface area contributed by atoms with Gasteiger partial charge in [-0.05, 0) is 31.0 Å². The number of aryl methyl sites for hydroxylation is 1. The van der Waals surface area contributed by atoms with Crippen LogP contribution in [0.15, 0.2) is 46.2 Å². The highest BCUT2D eigenvalue weighted by Gasteiger charge is 2.31. The Morgan fingerprint density at radius 2 is 1.89 bits per heavy atom. The minimum Gasteiger partial charge on any atom is -0.333 e. The van der Waals surface area contributed by atoms with Gasteiger partial charge in [0.1, 0.15) is 11.5 Å². The molecule has 3 aromatic rings. The van der Waals surface area contributed by atoms with Gasteiger partial charge in [0.25, 0.3) is 5.56 Å². The average Bonchev–Trinajstić information content (AvgIpc) is 3.18. The maximum atomic E-state index is 13.4. The molecule has 2 aromatic heterocycles. The molecule has 28 heavy (non-hydrogen) atoms. The molecule has 1 aromatic carbocycles. The zero-order chi connectivity index (χ0) is 20.1. The number of hydrogen-bond acceptors (Lipinski definition) is 4. The average molecular weight is 425 g/mol. The Labute approximate surface area is 166 Å². The maximum absolute atomic E-state index is 13.4. The summed E-state index contributed by atoms with van der Waals surface area (Å²) in [4.78, 5) is 12.2. The van der Waals surface area contributed by atoms with Gasteiger partial charge in [0.05, 0.1) is 16.1 Å². The molecule has 0 N–H and O–H groups in total. The number of nitrogens with zero attached hydrogens (tertiary/aromatic N) is 4. The number of piperidine rings is 1. The molecule has 0 bridgehead atoms. The largest absolute Gasteiger partial charge is 0.333 e. The molecule has 0 aliphatic carbocycles. The van der Waals surface area contributed by atoms with Crippen molar-refractivity contribution in [3.63, 3.8) is 0 Å². The van der Waals surface area contributed by atoms with Crippen LogP contribution in [0.25, 0.3) is 5.65 Å². The van der Waals surface area contributed by atoms with Gasteiger partial charge in [-0.3, -0.25) is 4.79 Å². The minimum atomic E-state index is -3.75. The molecule has 1 aliphatic rings. The molecule has 10 heteroatoms. The molecule has 1 aliphatic heterocycles. The first-order valence-corrected chi connectivity index (χ1v) is 10.6. The van der Waals surface area contributed by atoms with Crippen molar-refractivity contribution in [1.82, 2.24) is 18.5 Å². The molecule has 1 saturated heterocycles. The molecule has 0 unspecified atom stereocenters. The summed E-state index contributed by atoms with van der Waals surface area (Å²) in [5.41, 5.74) is 1.35. The van der Waals surface area contributed by atoms with Crippen LogP contribution in [0.3, 0.4) is 0 Å². The van der Waals surface area contributed by atoms with Crippen LogP contribution in [0.4, 0.5) is 4.39 Å². The Morgan fingerprint density at radius 1 is 1.18 bits per heavy atom. The van der Waals surface area contributed by atoms with Crippen LogP contribution in [0, 0.1) is 5.82 Å². The topological polar surface area (TPSA) is 76.7 Å². The third kappa shape index (κ3) is 3.13. The molecule has 4 rings (SSSR count). The van der Waals surface area contributed by atoms with Crippen LogP contribution in [0.5, 0.6) is 0 Å². The van der Waals surface area contributed by atoms with Gasteiger partial charge in [-0.1, -0.05) is 11.6 Å². The second kappa shape index (κ2) is 6.98. The molecule has 0 spiro atoms. The van der Waals surface area contributed by atoms with E-state index in [1.165, 1.54) is 14.9 Å². The van der Waals surface area contributed by atoms with Crippen molar-refractivity contribution in [2.75, 3.05) is 13.1 Å². The van der Waals surface area contributed by atoms with Gasteiger partial charge < -0.3 is 4.57 Å². The van der Waals surface area contributed by atoms with E-state index in [4.69, 9.17) is 11.6 Å². The monoisotopic (exact) mass is 424 g/mol. The van der Waals surface area contributed by atoms with Crippen LogP contribution in [0.1, 0.15) is 24.5 Å². The minimum absolute atomic E-state index is 0.0228. The summed E-state index contributed by atoms with van der Waals surface area (Å²) in [6.45, 7) is 0.612. The Balaban J connectivity index is 1.57. The number of hydrogen-bond donors (Lipinski definition) is 0. The summed E-state index contributed by atoms with van der Waals surface area (Å²) < 4.78 is 43.6. The highest BCUT2D eigenvalue weighted by molar-refractivity contribution is 7.89. The predicted molar refractivity (Wildman–Crippen MR) is 103 cm³/mol. The molecule has 3 heterocycles. The number of fused-ring (bicyclic) bond motifs is 1. The van der Waals surface area contributed by atoms with Crippen molar-refractivity contribution < 1.29 is 12.8 Å². The Bertz CT molecular complexity index is 1210.